The summed E-state index contributed by atoms with van der Waals surface area (Å²) in [6.45, 7) is 3.21. The number of hydrogen-bond acceptors (Lipinski definition) is 3. The second kappa shape index (κ2) is 5.15. The van der Waals surface area contributed by atoms with Crippen molar-refractivity contribution in [1.29, 1.82) is 0 Å². The smallest absolute Gasteiger partial charge is 0.0590 e. The summed E-state index contributed by atoms with van der Waals surface area (Å²) in [5.74, 6) is 0. The van der Waals surface area contributed by atoms with Crippen LogP contribution in [0.15, 0.2) is 18.2 Å². The number of ether oxygens (including phenoxy) is 1. The lowest BCUT2D eigenvalue weighted by molar-refractivity contribution is 0.128. The van der Waals surface area contributed by atoms with Gasteiger partial charge in [0.2, 0.25) is 0 Å². The highest BCUT2D eigenvalue weighted by Gasteiger charge is 2.28. The van der Waals surface area contributed by atoms with Crippen LogP contribution in [0.5, 0.6) is 0 Å². The molecule has 0 aliphatic carbocycles. The summed E-state index contributed by atoms with van der Waals surface area (Å²) in [4.78, 5) is 2.34. The van der Waals surface area contributed by atoms with Gasteiger partial charge in [0.05, 0.1) is 6.61 Å². The van der Waals surface area contributed by atoms with Gasteiger partial charge < -0.3 is 10.5 Å². The van der Waals surface area contributed by atoms with E-state index in [1.807, 2.05) is 12.1 Å². The Balaban J connectivity index is 2.19. The fourth-order valence-electron chi connectivity index (χ4n) is 2.27. The summed E-state index contributed by atoms with van der Waals surface area (Å²) in [5, 5.41) is 0.783. The molecule has 1 aliphatic heterocycles. The van der Waals surface area contributed by atoms with Crippen LogP contribution in [0, 0.1) is 0 Å². The second-order valence-corrected chi connectivity index (χ2v) is 4.49. The summed E-state index contributed by atoms with van der Waals surface area (Å²) in [6, 6.07) is 6.34. The van der Waals surface area contributed by atoms with E-state index in [4.69, 9.17) is 22.1 Å². The minimum Gasteiger partial charge on any atom is -0.383 e. The SMILES string of the molecule is COCCN1Cc2ccc(Cl)cc2C1CN. The first-order valence-electron chi connectivity index (χ1n) is 5.47. The van der Waals surface area contributed by atoms with E-state index in [1.165, 1.54) is 11.1 Å². The molecule has 4 heteroatoms. The zero-order valence-corrected chi connectivity index (χ0v) is 10.2. The molecule has 0 radical (unpaired) electrons. The molecule has 1 aliphatic rings. The van der Waals surface area contributed by atoms with Crippen molar-refractivity contribution >= 4 is 11.6 Å². The number of nitrogens with two attached hydrogens (primary N) is 1. The van der Waals surface area contributed by atoms with Crippen LogP contribution in [-0.4, -0.2) is 31.7 Å². The molecule has 1 heterocycles. The Morgan fingerprint density at radius 2 is 2.38 bits per heavy atom. The number of nitrogens with zero attached hydrogens (tertiary/aromatic N) is 1. The van der Waals surface area contributed by atoms with Crippen molar-refractivity contribution < 1.29 is 4.74 Å². The molecule has 1 aromatic carbocycles. The van der Waals surface area contributed by atoms with E-state index in [-0.39, 0.29) is 6.04 Å². The zero-order chi connectivity index (χ0) is 11.5. The quantitative estimate of drug-likeness (QED) is 0.872. The van der Waals surface area contributed by atoms with E-state index < -0.39 is 0 Å². The van der Waals surface area contributed by atoms with Gasteiger partial charge in [0.15, 0.2) is 0 Å². The molecule has 0 fully saturated rings. The third-order valence-corrected chi connectivity index (χ3v) is 3.32. The van der Waals surface area contributed by atoms with Crippen LogP contribution < -0.4 is 5.73 Å². The maximum atomic E-state index is 6.01. The van der Waals surface area contributed by atoms with Crippen LogP contribution in [0.3, 0.4) is 0 Å². The van der Waals surface area contributed by atoms with Crippen molar-refractivity contribution in [1.82, 2.24) is 4.90 Å². The molecule has 0 amide bonds. The molecule has 16 heavy (non-hydrogen) atoms. The molecule has 3 nitrogen and oxygen atoms in total. The van der Waals surface area contributed by atoms with Gasteiger partial charge in [0.25, 0.3) is 0 Å². The number of methoxy groups -OCH3 is 1. The van der Waals surface area contributed by atoms with E-state index in [0.717, 1.165) is 24.7 Å². The minimum atomic E-state index is 0.281. The van der Waals surface area contributed by atoms with Crippen molar-refractivity contribution in [3.8, 4) is 0 Å². The van der Waals surface area contributed by atoms with Crippen LogP contribution in [0.1, 0.15) is 17.2 Å². The van der Waals surface area contributed by atoms with E-state index in [9.17, 15) is 0 Å². The van der Waals surface area contributed by atoms with Crippen molar-refractivity contribution in [2.75, 3.05) is 26.8 Å². The third kappa shape index (κ3) is 2.23. The fourth-order valence-corrected chi connectivity index (χ4v) is 2.45. The Morgan fingerprint density at radius 3 is 3.06 bits per heavy atom. The molecule has 2 N–H and O–H groups in total. The summed E-state index contributed by atoms with van der Waals surface area (Å²) < 4.78 is 5.11. The molecule has 0 spiro atoms. The van der Waals surface area contributed by atoms with Gasteiger partial charge in [-0.25, -0.2) is 0 Å². The largest absolute Gasteiger partial charge is 0.383 e. The fraction of sp³-hybridized carbons (Fsp3) is 0.500. The van der Waals surface area contributed by atoms with E-state index >= 15 is 0 Å². The van der Waals surface area contributed by atoms with Crippen molar-refractivity contribution in [3.63, 3.8) is 0 Å². The highest BCUT2D eigenvalue weighted by molar-refractivity contribution is 6.30. The first kappa shape index (κ1) is 11.9. The molecule has 0 saturated carbocycles. The summed E-state index contributed by atoms with van der Waals surface area (Å²) >= 11 is 6.01. The average molecular weight is 241 g/mol. The van der Waals surface area contributed by atoms with Crippen LogP contribution in [-0.2, 0) is 11.3 Å². The molecule has 1 unspecified atom stereocenters. The van der Waals surface area contributed by atoms with Gasteiger partial charge >= 0.3 is 0 Å². The van der Waals surface area contributed by atoms with Gasteiger partial charge in [-0.1, -0.05) is 17.7 Å². The number of hydrogen-bond donors (Lipinski definition) is 1. The summed E-state index contributed by atoms with van der Waals surface area (Å²) in [7, 11) is 1.72. The standard InChI is InChI=1S/C12H17ClN2O/c1-16-5-4-15-8-9-2-3-10(13)6-11(9)12(15)7-14/h2-3,6,12H,4-5,7-8,14H2,1H3. The number of fused-ring (bicyclic) bond motifs is 1. The first-order valence-corrected chi connectivity index (χ1v) is 5.85. The monoisotopic (exact) mass is 240 g/mol. The molecule has 0 saturated heterocycles. The number of benzene rings is 1. The van der Waals surface area contributed by atoms with E-state index in [0.29, 0.717) is 6.54 Å². The second-order valence-electron chi connectivity index (χ2n) is 4.06. The molecule has 0 aromatic heterocycles. The van der Waals surface area contributed by atoms with Crippen LogP contribution in [0.4, 0.5) is 0 Å². The van der Waals surface area contributed by atoms with Crippen LogP contribution >= 0.6 is 11.6 Å². The predicted molar refractivity (Wildman–Crippen MR) is 65.5 cm³/mol. The molecule has 88 valence electrons. The Morgan fingerprint density at radius 1 is 1.56 bits per heavy atom. The van der Waals surface area contributed by atoms with E-state index in [2.05, 4.69) is 11.0 Å². The normalized spacial score (nSPS) is 20.1. The first-order chi connectivity index (χ1) is 7.76. The topological polar surface area (TPSA) is 38.5 Å². The number of rotatable bonds is 4. The summed E-state index contributed by atoms with van der Waals surface area (Å²) in [6.07, 6.45) is 0. The lowest BCUT2D eigenvalue weighted by atomic mass is 10.1. The highest BCUT2D eigenvalue weighted by atomic mass is 35.5. The molecular formula is C12H17ClN2O. The lowest BCUT2D eigenvalue weighted by Gasteiger charge is -2.23. The summed E-state index contributed by atoms with van der Waals surface area (Å²) in [5.41, 5.74) is 8.43. The van der Waals surface area contributed by atoms with Crippen LogP contribution in [0.2, 0.25) is 5.02 Å². The lowest BCUT2D eigenvalue weighted by Crippen LogP contribution is -2.30. The van der Waals surface area contributed by atoms with Gasteiger partial charge in [0, 0.05) is 37.8 Å². The Hall–Kier alpha value is -0.610. The van der Waals surface area contributed by atoms with E-state index in [1.54, 1.807) is 7.11 Å². The van der Waals surface area contributed by atoms with Crippen molar-refractivity contribution in [3.05, 3.63) is 34.3 Å². The highest BCUT2D eigenvalue weighted by Crippen LogP contribution is 2.34. The van der Waals surface area contributed by atoms with Gasteiger partial charge in [-0.05, 0) is 23.3 Å². The molecule has 2 rings (SSSR count). The molecular weight excluding hydrogens is 224 g/mol. The Bertz CT molecular complexity index is 370. The molecule has 0 bridgehead atoms. The van der Waals surface area contributed by atoms with Crippen molar-refractivity contribution in [2.45, 2.75) is 12.6 Å². The van der Waals surface area contributed by atoms with Crippen LogP contribution in [0.25, 0.3) is 0 Å². The molecule has 1 atom stereocenters. The van der Waals surface area contributed by atoms with Crippen molar-refractivity contribution in [2.24, 2.45) is 5.73 Å². The maximum absolute atomic E-state index is 6.01. The average Bonchev–Trinajstić information content (AvgIpc) is 2.63. The Kier molecular flexibility index (Phi) is 3.82. The third-order valence-electron chi connectivity index (χ3n) is 3.09. The van der Waals surface area contributed by atoms with Gasteiger partial charge in [-0.3, -0.25) is 4.90 Å². The maximum Gasteiger partial charge on any atom is 0.0590 e. The predicted octanol–water partition coefficient (Wildman–Crippen LogP) is 1.80. The van der Waals surface area contributed by atoms with Gasteiger partial charge in [-0.2, -0.15) is 0 Å². The zero-order valence-electron chi connectivity index (χ0n) is 9.45. The Labute approximate surface area is 101 Å². The van der Waals surface area contributed by atoms with Gasteiger partial charge in [-0.15, -0.1) is 0 Å². The van der Waals surface area contributed by atoms with Gasteiger partial charge in [0.1, 0.15) is 0 Å². The minimum absolute atomic E-state index is 0.281. The molecule has 1 aromatic rings. The number of halogens is 1.